The Balaban J connectivity index is 1.52. The van der Waals surface area contributed by atoms with E-state index in [4.69, 9.17) is 0 Å². The minimum Gasteiger partial charge on any atom is -0.371 e. The maximum absolute atomic E-state index is 13.4. The summed E-state index contributed by atoms with van der Waals surface area (Å²) < 4.78 is 40.3. The summed E-state index contributed by atoms with van der Waals surface area (Å²) in [5.74, 6) is -0.365. The number of hydrogen-bond acceptors (Lipinski definition) is 5. The number of thioether (sulfide) groups is 1. The van der Waals surface area contributed by atoms with Gasteiger partial charge in [0.2, 0.25) is 0 Å². The van der Waals surface area contributed by atoms with Crippen LogP contribution in [0.3, 0.4) is 0 Å². The molecule has 27 heavy (non-hydrogen) atoms. The smallest absolute Gasteiger partial charge is 0.371 e. The molecule has 0 bridgehead atoms. The Bertz CT molecular complexity index is 702. The summed E-state index contributed by atoms with van der Waals surface area (Å²) >= 11 is 3.37. The topological polar surface area (TPSA) is 18.8 Å². The van der Waals surface area contributed by atoms with Crippen molar-refractivity contribution in [1.82, 2.24) is 4.90 Å². The van der Waals surface area contributed by atoms with Crippen molar-refractivity contribution >= 4 is 34.0 Å². The molecule has 8 heteroatoms. The summed E-state index contributed by atoms with van der Waals surface area (Å²) in [5, 5.41) is 5.06. The molecule has 2 atom stereocenters. The molecule has 0 aromatic carbocycles. The van der Waals surface area contributed by atoms with Gasteiger partial charge in [-0.15, -0.1) is 0 Å². The highest BCUT2D eigenvalue weighted by Gasteiger charge is 2.51. The molecule has 0 saturated carbocycles. The van der Waals surface area contributed by atoms with Crippen LogP contribution in [-0.4, -0.2) is 53.7 Å². The van der Waals surface area contributed by atoms with E-state index in [0.29, 0.717) is 13.1 Å². The Kier molecular flexibility index (Phi) is 4.94. The molecule has 2 saturated heterocycles. The Morgan fingerprint density at radius 1 is 1.22 bits per heavy atom. The van der Waals surface area contributed by atoms with Gasteiger partial charge in [-0.3, -0.25) is 4.99 Å². The van der Waals surface area contributed by atoms with Gasteiger partial charge in [0, 0.05) is 48.4 Å². The maximum atomic E-state index is 13.4. The second kappa shape index (κ2) is 6.87. The number of hydrogen-bond donors (Lipinski definition) is 0. The maximum Gasteiger partial charge on any atom is 0.389 e. The molecule has 0 radical (unpaired) electrons. The van der Waals surface area contributed by atoms with E-state index in [1.807, 2.05) is 16.8 Å². The van der Waals surface area contributed by atoms with Gasteiger partial charge in [-0.05, 0) is 49.5 Å². The van der Waals surface area contributed by atoms with Gasteiger partial charge in [0.15, 0.2) is 5.17 Å². The molecule has 0 aliphatic carbocycles. The fraction of sp³-hybridized carbons (Fsp3) is 0.737. The Morgan fingerprint density at radius 3 is 2.56 bits per heavy atom. The second-order valence-corrected chi connectivity index (χ2v) is 11.1. The minimum atomic E-state index is -4.12. The second-order valence-electron chi connectivity index (χ2n) is 8.69. The Hall–Kier alpha value is -0.890. The molecule has 3 aliphatic heterocycles. The van der Waals surface area contributed by atoms with E-state index in [1.54, 1.807) is 23.1 Å². The number of halogens is 3. The summed E-state index contributed by atoms with van der Waals surface area (Å²) in [4.78, 5) is 9.08. The van der Waals surface area contributed by atoms with Crippen LogP contribution in [0, 0.1) is 11.3 Å². The van der Waals surface area contributed by atoms with Gasteiger partial charge in [-0.25, -0.2) is 0 Å². The fourth-order valence-electron chi connectivity index (χ4n) is 4.68. The number of thiophene rings is 1. The highest BCUT2D eigenvalue weighted by molar-refractivity contribution is 8.15. The number of piperidine rings is 1. The Morgan fingerprint density at radius 2 is 1.96 bits per heavy atom. The van der Waals surface area contributed by atoms with Crippen LogP contribution in [-0.2, 0) is 0 Å². The molecule has 3 aliphatic rings. The molecule has 4 rings (SSSR count). The lowest BCUT2D eigenvalue weighted by molar-refractivity contribution is -0.155. The highest BCUT2D eigenvalue weighted by Crippen LogP contribution is 2.50. The molecule has 0 amide bonds. The van der Waals surface area contributed by atoms with Gasteiger partial charge in [0.05, 0.1) is 6.54 Å². The SMILES string of the molecule is CC1(C)CN=C(N2CCC3(CCN(c4ccsc4)CC3CC(F)(F)F)C2)S1. The van der Waals surface area contributed by atoms with E-state index in [1.165, 1.54) is 0 Å². The van der Waals surface area contributed by atoms with Crippen molar-refractivity contribution in [3.05, 3.63) is 16.8 Å². The van der Waals surface area contributed by atoms with Crippen molar-refractivity contribution in [2.45, 2.75) is 44.0 Å². The lowest BCUT2D eigenvalue weighted by atomic mass is 9.68. The van der Waals surface area contributed by atoms with E-state index in [0.717, 1.165) is 43.3 Å². The number of nitrogens with zero attached hydrogens (tertiary/aromatic N) is 3. The number of alkyl halides is 3. The third-order valence-electron chi connectivity index (χ3n) is 6.15. The van der Waals surface area contributed by atoms with Crippen molar-refractivity contribution in [3.63, 3.8) is 0 Å². The molecular weight excluding hydrogens is 391 g/mol. The number of amidine groups is 1. The molecule has 2 unspecified atom stereocenters. The first kappa shape index (κ1) is 19.4. The third kappa shape index (κ3) is 4.11. The zero-order chi connectivity index (χ0) is 19.3. The van der Waals surface area contributed by atoms with E-state index in [-0.39, 0.29) is 16.1 Å². The van der Waals surface area contributed by atoms with Crippen molar-refractivity contribution in [2.75, 3.05) is 37.6 Å². The largest absolute Gasteiger partial charge is 0.389 e. The van der Waals surface area contributed by atoms with Crippen molar-refractivity contribution < 1.29 is 13.2 Å². The lowest BCUT2D eigenvalue weighted by Crippen LogP contribution is -2.50. The van der Waals surface area contributed by atoms with Gasteiger partial charge in [0.1, 0.15) is 0 Å². The van der Waals surface area contributed by atoms with E-state index in [2.05, 4.69) is 28.6 Å². The number of rotatable bonds is 2. The molecule has 4 heterocycles. The Labute approximate surface area is 167 Å². The third-order valence-corrected chi connectivity index (χ3v) is 8.08. The molecule has 1 aromatic heterocycles. The summed E-state index contributed by atoms with van der Waals surface area (Å²) in [7, 11) is 0. The van der Waals surface area contributed by atoms with Gasteiger partial charge in [0.25, 0.3) is 0 Å². The molecule has 2 fully saturated rings. The van der Waals surface area contributed by atoms with Crippen LogP contribution in [0.2, 0.25) is 0 Å². The van der Waals surface area contributed by atoms with Crippen molar-refractivity contribution in [2.24, 2.45) is 16.3 Å². The highest BCUT2D eigenvalue weighted by atomic mass is 32.2. The number of aliphatic imine (C=N–C) groups is 1. The molecule has 1 aromatic rings. The van der Waals surface area contributed by atoms with E-state index in [9.17, 15) is 13.2 Å². The molecule has 0 N–H and O–H groups in total. The molecule has 150 valence electrons. The van der Waals surface area contributed by atoms with Crippen LogP contribution in [0.1, 0.15) is 33.1 Å². The van der Waals surface area contributed by atoms with Gasteiger partial charge in [-0.1, -0.05) is 11.8 Å². The number of anilines is 1. The zero-order valence-electron chi connectivity index (χ0n) is 15.8. The number of likely N-dealkylation sites (tertiary alicyclic amines) is 1. The summed E-state index contributed by atoms with van der Waals surface area (Å²) in [5.41, 5.74) is 0.812. The predicted octanol–water partition coefficient (Wildman–Crippen LogP) is 5.10. The minimum absolute atomic E-state index is 0.0960. The fourth-order valence-corrected chi connectivity index (χ4v) is 6.38. The normalized spacial score (nSPS) is 31.0. The van der Waals surface area contributed by atoms with E-state index < -0.39 is 12.6 Å². The van der Waals surface area contributed by atoms with Gasteiger partial charge < -0.3 is 9.80 Å². The molecule has 3 nitrogen and oxygen atoms in total. The average Bonchev–Trinajstić information content (AvgIpc) is 3.28. The van der Waals surface area contributed by atoms with Crippen LogP contribution in [0.5, 0.6) is 0 Å². The average molecular weight is 418 g/mol. The first-order valence-electron chi connectivity index (χ1n) is 9.48. The summed E-state index contributed by atoms with van der Waals surface area (Å²) in [6, 6.07) is 2.01. The first-order valence-corrected chi connectivity index (χ1v) is 11.2. The van der Waals surface area contributed by atoms with Crippen LogP contribution in [0.15, 0.2) is 21.8 Å². The van der Waals surface area contributed by atoms with Crippen molar-refractivity contribution in [1.29, 1.82) is 0 Å². The van der Waals surface area contributed by atoms with Crippen LogP contribution < -0.4 is 4.90 Å². The van der Waals surface area contributed by atoms with Crippen LogP contribution >= 0.6 is 23.1 Å². The zero-order valence-corrected chi connectivity index (χ0v) is 17.4. The predicted molar refractivity (Wildman–Crippen MR) is 108 cm³/mol. The van der Waals surface area contributed by atoms with Crippen molar-refractivity contribution in [3.8, 4) is 0 Å². The quantitative estimate of drug-likeness (QED) is 0.667. The molecule has 1 spiro atoms. The lowest BCUT2D eigenvalue weighted by Gasteiger charge is -2.47. The molecular formula is C19H26F3N3S2. The van der Waals surface area contributed by atoms with Gasteiger partial charge >= 0.3 is 6.18 Å². The van der Waals surface area contributed by atoms with E-state index >= 15 is 0 Å². The van der Waals surface area contributed by atoms with Crippen LogP contribution in [0.25, 0.3) is 0 Å². The van der Waals surface area contributed by atoms with Gasteiger partial charge in [-0.2, -0.15) is 24.5 Å². The summed E-state index contributed by atoms with van der Waals surface area (Å²) in [6.45, 7) is 8.01. The monoisotopic (exact) mass is 417 g/mol. The standard InChI is InChI=1S/C19H26F3N3S2/c1-17(2)12-23-16(27-17)25-7-5-18(13-25)4-6-24(15-3-8-26-11-15)10-14(18)9-19(20,21)22/h3,8,11,14H,4-7,9-10,12-13H2,1-2H3. The summed E-state index contributed by atoms with van der Waals surface area (Å²) in [6.07, 6.45) is -3.15. The first-order chi connectivity index (χ1) is 12.7. The van der Waals surface area contributed by atoms with Crippen LogP contribution in [0.4, 0.5) is 18.9 Å².